The fourth-order valence-electron chi connectivity index (χ4n) is 2.46. The van der Waals surface area contributed by atoms with Crippen LogP contribution in [0, 0.1) is 6.92 Å². The molecule has 0 bridgehead atoms. The molecule has 0 spiro atoms. The number of benzene rings is 2. The monoisotopic (exact) mass is 353 g/mol. The van der Waals surface area contributed by atoms with E-state index in [0.29, 0.717) is 11.5 Å². The molecule has 5 heteroatoms. The Balaban J connectivity index is 1.68. The maximum Gasteiger partial charge on any atom is 0.262 e. The van der Waals surface area contributed by atoms with Crippen molar-refractivity contribution >= 4 is 22.9 Å². The van der Waals surface area contributed by atoms with Gasteiger partial charge >= 0.3 is 0 Å². The zero-order valence-corrected chi connectivity index (χ0v) is 14.9. The molecule has 3 rings (SSSR count). The van der Waals surface area contributed by atoms with Gasteiger partial charge in [0.15, 0.2) is 18.1 Å². The van der Waals surface area contributed by atoms with E-state index in [-0.39, 0.29) is 12.5 Å². The third-order valence-electron chi connectivity index (χ3n) is 3.67. The lowest BCUT2D eigenvalue weighted by Crippen LogP contribution is -2.20. The summed E-state index contributed by atoms with van der Waals surface area (Å²) in [6.45, 7) is 1.89. The summed E-state index contributed by atoms with van der Waals surface area (Å²) in [5.41, 5.74) is 2.84. The van der Waals surface area contributed by atoms with E-state index in [9.17, 15) is 4.79 Å². The normalized spacial score (nSPS) is 10.3. The molecule has 0 atom stereocenters. The first-order chi connectivity index (χ1) is 12.2. The number of ether oxygens (including phenoxy) is 2. The van der Waals surface area contributed by atoms with Gasteiger partial charge in [-0.05, 0) is 42.1 Å². The second kappa shape index (κ2) is 7.85. The van der Waals surface area contributed by atoms with Crippen molar-refractivity contribution in [3.63, 3.8) is 0 Å². The number of carbonyl (C=O) groups is 1. The lowest BCUT2D eigenvalue weighted by molar-refractivity contribution is -0.118. The quantitative estimate of drug-likeness (QED) is 0.696. The lowest BCUT2D eigenvalue weighted by atomic mass is 10.1. The van der Waals surface area contributed by atoms with Crippen molar-refractivity contribution in [2.24, 2.45) is 0 Å². The first-order valence-corrected chi connectivity index (χ1v) is 8.75. The van der Waals surface area contributed by atoms with Crippen LogP contribution in [0.2, 0.25) is 0 Å². The molecular formula is C20H19NO3S. The van der Waals surface area contributed by atoms with Gasteiger partial charge < -0.3 is 14.8 Å². The number of hydrogen-bond acceptors (Lipinski definition) is 4. The van der Waals surface area contributed by atoms with Crippen LogP contribution >= 0.6 is 11.3 Å². The summed E-state index contributed by atoms with van der Waals surface area (Å²) in [5, 5.41) is 4.93. The fourth-order valence-corrected chi connectivity index (χ4v) is 3.23. The number of amides is 1. The van der Waals surface area contributed by atoms with Crippen LogP contribution in [0.15, 0.2) is 60.0 Å². The molecule has 1 amide bonds. The summed E-state index contributed by atoms with van der Waals surface area (Å²) in [5.74, 6) is 0.952. The number of anilines is 1. The molecule has 0 aliphatic carbocycles. The minimum absolute atomic E-state index is 0.0851. The topological polar surface area (TPSA) is 47.6 Å². The molecule has 0 unspecified atom stereocenters. The van der Waals surface area contributed by atoms with Crippen molar-refractivity contribution in [3.8, 4) is 21.9 Å². The van der Waals surface area contributed by atoms with Crippen LogP contribution in [-0.2, 0) is 4.79 Å². The Labute approximate surface area is 151 Å². The molecule has 0 radical (unpaired) electrons. The smallest absolute Gasteiger partial charge is 0.262 e. The molecule has 1 N–H and O–H groups in total. The van der Waals surface area contributed by atoms with Gasteiger partial charge in [-0.15, -0.1) is 11.3 Å². The van der Waals surface area contributed by atoms with E-state index in [1.54, 1.807) is 24.5 Å². The number of methoxy groups -OCH3 is 1. The summed E-state index contributed by atoms with van der Waals surface area (Å²) < 4.78 is 10.9. The van der Waals surface area contributed by atoms with Gasteiger partial charge in [0.05, 0.1) is 7.11 Å². The molecule has 4 nitrogen and oxygen atoms in total. The standard InChI is InChI=1S/C20H19NO3S/c1-14-9-10-17(18(12-14)23-2)24-13-20(22)21-16-7-4-3-6-15(16)19-8-5-11-25-19/h3-12H,13H2,1-2H3,(H,21,22). The number of thiophene rings is 1. The number of aryl methyl sites for hydroxylation is 1. The molecule has 128 valence electrons. The van der Waals surface area contributed by atoms with Crippen molar-refractivity contribution in [3.05, 3.63) is 65.5 Å². The molecule has 0 saturated carbocycles. The highest BCUT2D eigenvalue weighted by atomic mass is 32.1. The van der Waals surface area contributed by atoms with Crippen molar-refractivity contribution in [1.29, 1.82) is 0 Å². The van der Waals surface area contributed by atoms with Gasteiger partial charge in [-0.1, -0.05) is 30.3 Å². The molecule has 0 aliphatic rings. The summed E-state index contributed by atoms with van der Waals surface area (Å²) in [4.78, 5) is 13.4. The van der Waals surface area contributed by atoms with Crippen LogP contribution in [0.3, 0.4) is 0 Å². The third kappa shape index (κ3) is 4.19. The van der Waals surface area contributed by atoms with Crippen molar-refractivity contribution < 1.29 is 14.3 Å². The largest absolute Gasteiger partial charge is 0.493 e. The molecule has 0 fully saturated rings. The van der Waals surface area contributed by atoms with E-state index in [2.05, 4.69) is 5.32 Å². The van der Waals surface area contributed by atoms with E-state index in [0.717, 1.165) is 21.7 Å². The van der Waals surface area contributed by atoms with E-state index in [4.69, 9.17) is 9.47 Å². The molecule has 2 aromatic carbocycles. The highest BCUT2D eigenvalue weighted by Crippen LogP contribution is 2.31. The summed E-state index contributed by atoms with van der Waals surface area (Å²) >= 11 is 1.63. The van der Waals surface area contributed by atoms with Crippen LogP contribution in [0.4, 0.5) is 5.69 Å². The van der Waals surface area contributed by atoms with Crippen molar-refractivity contribution in [1.82, 2.24) is 0 Å². The number of nitrogens with one attached hydrogen (secondary N) is 1. The molecule has 25 heavy (non-hydrogen) atoms. The average molecular weight is 353 g/mol. The zero-order valence-electron chi connectivity index (χ0n) is 14.1. The first-order valence-electron chi connectivity index (χ1n) is 7.87. The minimum Gasteiger partial charge on any atom is -0.493 e. The number of hydrogen-bond donors (Lipinski definition) is 1. The Morgan fingerprint density at radius 1 is 1.08 bits per heavy atom. The second-order valence-corrected chi connectivity index (χ2v) is 6.46. The third-order valence-corrected chi connectivity index (χ3v) is 4.57. The Hall–Kier alpha value is -2.79. The first kappa shape index (κ1) is 17.0. The Kier molecular flexibility index (Phi) is 5.36. The molecule has 0 saturated heterocycles. The summed E-state index contributed by atoms with van der Waals surface area (Å²) in [7, 11) is 1.58. The average Bonchev–Trinajstić information content (AvgIpc) is 3.15. The van der Waals surface area contributed by atoms with Gasteiger partial charge in [-0.25, -0.2) is 0 Å². The number of rotatable bonds is 6. The fraction of sp³-hybridized carbons (Fsp3) is 0.150. The van der Waals surface area contributed by atoms with Gasteiger partial charge in [0.1, 0.15) is 0 Å². The van der Waals surface area contributed by atoms with E-state index >= 15 is 0 Å². The van der Waals surface area contributed by atoms with E-state index in [1.165, 1.54) is 0 Å². The highest BCUT2D eigenvalue weighted by Gasteiger charge is 2.11. The van der Waals surface area contributed by atoms with Gasteiger partial charge in [0, 0.05) is 16.1 Å². The van der Waals surface area contributed by atoms with E-state index in [1.807, 2.05) is 60.8 Å². The second-order valence-electron chi connectivity index (χ2n) is 5.51. The summed E-state index contributed by atoms with van der Waals surface area (Å²) in [6, 6.07) is 17.4. The maximum atomic E-state index is 12.3. The molecular weight excluding hydrogens is 334 g/mol. The molecule has 0 aliphatic heterocycles. The number of carbonyl (C=O) groups excluding carboxylic acids is 1. The Bertz CT molecular complexity index is 859. The van der Waals surface area contributed by atoms with Crippen molar-refractivity contribution in [2.75, 3.05) is 19.0 Å². The van der Waals surface area contributed by atoms with E-state index < -0.39 is 0 Å². The van der Waals surface area contributed by atoms with Gasteiger partial charge in [0.2, 0.25) is 0 Å². The molecule has 3 aromatic rings. The number of para-hydroxylation sites is 1. The predicted molar refractivity (Wildman–Crippen MR) is 102 cm³/mol. The Morgan fingerprint density at radius 3 is 2.68 bits per heavy atom. The molecule has 1 heterocycles. The highest BCUT2D eigenvalue weighted by molar-refractivity contribution is 7.13. The van der Waals surface area contributed by atoms with Gasteiger partial charge in [-0.2, -0.15) is 0 Å². The van der Waals surface area contributed by atoms with Gasteiger partial charge in [-0.3, -0.25) is 4.79 Å². The maximum absolute atomic E-state index is 12.3. The van der Waals surface area contributed by atoms with Crippen LogP contribution in [0.1, 0.15) is 5.56 Å². The van der Waals surface area contributed by atoms with Crippen LogP contribution < -0.4 is 14.8 Å². The Morgan fingerprint density at radius 2 is 1.92 bits per heavy atom. The summed E-state index contributed by atoms with van der Waals surface area (Å²) in [6.07, 6.45) is 0. The van der Waals surface area contributed by atoms with Crippen LogP contribution in [-0.4, -0.2) is 19.6 Å². The van der Waals surface area contributed by atoms with Gasteiger partial charge in [0.25, 0.3) is 5.91 Å². The predicted octanol–water partition coefficient (Wildman–Crippen LogP) is 4.75. The van der Waals surface area contributed by atoms with Crippen molar-refractivity contribution in [2.45, 2.75) is 6.92 Å². The minimum atomic E-state index is -0.216. The lowest BCUT2D eigenvalue weighted by Gasteiger charge is -2.13. The molecule has 1 aromatic heterocycles. The zero-order chi connectivity index (χ0) is 17.6. The SMILES string of the molecule is COc1cc(C)ccc1OCC(=O)Nc1ccccc1-c1cccs1. The van der Waals surface area contributed by atoms with Crippen LogP contribution in [0.25, 0.3) is 10.4 Å². The van der Waals surface area contributed by atoms with Crippen LogP contribution in [0.5, 0.6) is 11.5 Å².